The molecule has 0 spiro atoms. The average molecular weight is 460 g/mol. The Bertz CT molecular complexity index is 1030. The Morgan fingerprint density at radius 2 is 2.10 bits per heavy atom. The van der Waals surface area contributed by atoms with Gasteiger partial charge in [0.1, 0.15) is 5.00 Å². The quantitative estimate of drug-likeness (QED) is 0.490. The zero-order valence-electron chi connectivity index (χ0n) is 16.2. The van der Waals surface area contributed by atoms with Gasteiger partial charge in [0.15, 0.2) is 9.84 Å². The van der Waals surface area contributed by atoms with Crippen LogP contribution in [0, 0.1) is 13.8 Å². The molecule has 1 saturated heterocycles. The third-order valence-electron chi connectivity index (χ3n) is 4.45. The second kappa shape index (κ2) is 8.84. The molecule has 1 fully saturated rings. The van der Waals surface area contributed by atoms with E-state index in [9.17, 15) is 18.0 Å². The van der Waals surface area contributed by atoms with Gasteiger partial charge in [0.2, 0.25) is 11.8 Å². The van der Waals surface area contributed by atoms with Gasteiger partial charge in [-0.1, -0.05) is 11.8 Å². The van der Waals surface area contributed by atoms with Gasteiger partial charge in [0.05, 0.1) is 35.3 Å². The van der Waals surface area contributed by atoms with E-state index in [1.54, 1.807) is 6.92 Å². The molecule has 1 amide bonds. The SMILES string of the molecule is CCOC(=O)c1c(NC(=O)CSc2nnc(C3CCS(=O)(=O)C3)o2)sc(C)c1C. The van der Waals surface area contributed by atoms with Gasteiger partial charge in [-0.2, -0.15) is 0 Å². The number of carbonyl (C=O) groups excluding carboxylic acids is 2. The summed E-state index contributed by atoms with van der Waals surface area (Å²) in [5.41, 5.74) is 1.15. The molecule has 1 unspecified atom stereocenters. The number of sulfone groups is 1. The van der Waals surface area contributed by atoms with Crippen molar-refractivity contribution in [3.63, 3.8) is 0 Å². The topological polar surface area (TPSA) is 128 Å². The van der Waals surface area contributed by atoms with Gasteiger partial charge >= 0.3 is 5.97 Å². The summed E-state index contributed by atoms with van der Waals surface area (Å²) in [6.45, 7) is 5.65. The third-order valence-corrected chi connectivity index (χ3v) is 8.16. The van der Waals surface area contributed by atoms with E-state index in [1.165, 1.54) is 11.3 Å². The van der Waals surface area contributed by atoms with E-state index >= 15 is 0 Å². The van der Waals surface area contributed by atoms with E-state index in [0.29, 0.717) is 17.0 Å². The minimum Gasteiger partial charge on any atom is -0.462 e. The molecule has 29 heavy (non-hydrogen) atoms. The van der Waals surface area contributed by atoms with Crippen LogP contribution in [-0.2, 0) is 19.4 Å². The summed E-state index contributed by atoms with van der Waals surface area (Å²) in [7, 11) is -3.05. The third kappa shape index (κ3) is 5.17. The first-order chi connectivity index (χ1) is 13.7. The normalized spacial score (nSPS) is 18.0. The number of esters is 1. The highest BCUT2D eigenvalue weighted by Gasteiger charge is 2.33. The molecule has 9 nitrogen and oxygen atoms in total. The number of hydrogen-bond donors (Lipinski definition) is 1. The fraction of sp³-hybridized carbons (Fsp3) is 0.529. The van der Waals surface area contributed by atoms with Crippen LogP contribution in [0.4, 0.5) is 5.00 Å². The molecule has 2 aromatic rings. The van der Waals surface area contributed by atoms with Crippen LogP contribution in [0.25, 0.3) is 0 Å². The van der Waals surface area contributed by atoms with E-state index in [2.05, 4.69) is 15.5 Å². The van der Waals surface area contributed by atoms with Gasteiger partial charge in [-0.25, -0.2) is 13.2 Å². The molecule has 3 rings (SSSR count). The Morgan fingerprint density at radius 3 is 2.76 bits per heavy atom. The first-order valence-electron chi connectivity index (χ1n) is 8.93. The Labute approximate surface area is 176 Å². The molecule has 0 radical (unpaired) electrons. The first kappa shape index (κ1) is 21.8. The molecule has 0 aliphatic carbocycles. The number of aromatic nitrogens is 2. The Morgan fingerprint density at radius 1 is 1.34 bits per heavy atom. The maximum absolute atomic E-state index is 12.3. The van der Waals surface area contributed by atoms with Crippen molar-refractivity contribution in [3.8, 4) is 0 Å². The van der Waals surface area contributed by atoms with E-state index in [0.717, 1.165) is 22.2 Å². The number of amides is 1. The van der Waals surface area contributed by atoms with Gasteiger partial charge in [0.25, 0.3) is 5.22 Å². The number of nitrogens with one attached hydrogen (secondary N) is 1. The molecule has 1 N–H and O–H groups in total. The van der Waals surface area contributed by atoms with Crippen LogP contribution in [0.1, 0.15) is 46.0 Å². The highest BCUT2D eigenvalue weighted by molar-refractivity contribution is 7.99. The van der Waals surface area contributed by atoms with Crippen molar-refractivity contribution < 1.29 is 27.2 Å². The standard InChI is InChI=1S/C17H21N3O6S3/c1-4-25-16(22)13-9(2)10(3)28-15(13)18-12(21)7-27-17-20-19-14(26-17)11-5-6-29(23,24)8-11/h11H,4-8H2,1-3H3,(H,18,21). The van der Waals surface area contributed by atoms with Crippen molar-refractivity contribution in [2.45, 2.75) is 38.3 Å². The number of anilines is 1. The van der Waals surface area contributed by atoms with Crippen LogP contribution in [0.3, 0.4) is 0 Å². The van der Waals surface area contributed by atoms with Gasteiger partial charge in [-0.3, -0.25) is 4.79 Å². The first-order valence-corrected chi connectivity index (χ1v) is 12.6. The number of aryl methyl sites for hydroxylation is 1. The van der Waals surface area contributed by atoms with Crippen LogP contribution in [0.15, 0.2) is 9.64 Å². The number of carbonyl (C=O) groups is 2. The lowest BCUT2D eigenvalue weighted by Crippen LogP contribution is -2.16. The molecule has 2 aromatic heterocycles. The summed E-state index contributed by atoms with van der Waals surface area (Å²) in [6.07, 6.45) is 0.461. The second-order valence-electron chi connectivity index (χ2n) is 6.55. The largest absolute Gasteiger partial charge is 0.462 e. The number of rotatable bonds is 7. The predicted octanol–water partition coefficient (Wildman–Crippen LogP) is 2.56. The second-order valence-corrected chi connectivity index (χ2v) is 10.9. The van der Waals surface area contributed by atoms with Crippen LogP contribution < -0.4 is 5.32 Å². The van der Waals surface area contributed by atoms with Crippen molar-refractivity contribution in [1.82, 2.24) is 10.2 Å². The van der Waals surface area contributed by atoms with E-state index in [4.69, 9.17) is 9.15 Å². The highest BCUT2D eigenvalue weighted by Crippen LogP contribution is 2.33. The zero-order chi connectivity index (χ0) is 21.2. The lowest BCUT2D eigenvalue weighted by atomic mass is 10.1. The Hall–Kier alpha value is -1.92. The monoisotopic (exact) mass is 459 g/mol. The zero-order valence-corrected chi connectivity index (χ0v) is 18.6. The lowest BCUT2D eigenvalue weighted by molar-refractivity contribution is -0.113. The van der Waals surface area contributed by atoms with Crippen LogP contribution in [0.2, 0.25) is 0 Å². The molecule has 1 aliphatic rings. The minimum absolute atomic E-state index is 0.00284. The fourth-order valence-electron chi connectivity index (χ4n) is 2.89. The maximum Gasteiger partial charge on any atom is 0.341 e. The van der Waals surface area contributed by atoms with Crippen molar-refractivity contribution in [3.05, 3.63) is 21.9 Å². The summed E-state index contributed by atoms with van der Waals surface area (Å²) >= 11 is 2.37. The number of nitrogens with zero attached hydrogens (tertiary/aromatic N) is 2. The number of ether oxygens (including phenoxy) is 1. The molecule has 1 atom stereocenters. The van der Waals surface area contributed by atoms with Crippen LogP contribution in [-0.4, -0.2) is 54.4 Å². The average Bonchev–Trinajstić information content (AvgIpc) is 3.32. The molecule has 158 valence electrons. The predicted molar refractivity (Wildman–Crippen MR) is 109 cm³/mol. The molecular formula is C17H21N3O6S3. The van der Waals surface area contributed by atoms with Gasteiger partial charge in [-0.15, -0.1) is 21.5 Å². The highest BCUT2D eigenvalue weighted by atomic mass is 32.2. The van der Waals surface area contributed by atoms with Crippen LogP contribution in [0.5, 0.6) is 0 Å². The molecule has 1 aliphatic heterocycles. The van der Waals surface area contributed by atoms with E-state index in [-0.39, 0.29) is 46.8 Å². The van der Waals surface area contributed by atoms with Gasteiger partial charge < -0.3 is 14.5 Å². The lowest BCUT2D eigenvalue weighted by Gasteiger charge is -2.06. The van der Waals surface area contributed by atoms with E-state index in [1.807, 2.05) is 13.8 Å². The van der Waals surface area contributed by atoms with Crippen molar-refractivity contribution in [1.29, 1.82) is 0 Å². The fourth-order valence-corrected chi connectivity index (χ4v) is 6.25. The Balaban J connectivity index is 1.60. The molecule has 0 saturated carbocycles. The summed E-state index contributed by atoms with van der Waals surface area (Å²) in [5.74, 6) is -0.678. The number of hydrogen-bond acceptors (Lipinski definition) is 10. The molecule has 0 bridgehead atoms. The Kier molecular flexibility index (Phi) is 6.64. The molecule has 12 heteroatoms. The summed E-state index contributed by atoms with van der Waals surface area (Å²) in [4.78, 5) is 25.4. The van der Waals surface area contributed by atoms with Crippen LogP contribution >= 0.6 is 23.1 Å². The molecule has 3 heterocycles. The van der Waals surface area contributed by atoms with Gasteiger partial charge in [0, 0.05) is 4.88 Å². The minimum atomic E-state index is -3.05. The summed E-state index contributed by atoms with van der Waals surface area (Å²) < 4.78 is 33.7. The molecule has 0 aromatic carbocycles. The number of thiophene rings is 1. The van der Waals surface area contributed by atoms with Crippen molar-refractivity contribution in [2.75, 3.05) is 29.2 Å². The maximum atomic E-state index is 12.3. The smallest absolute Gasteiger partial charge is 0.341 e. The summed E-state index contributed by atoms with van der Waals surface area (Å²) in [5, 5.41) is 11.2. The summed E-state index contributed by atoms with van der Waals surface area (Å²) in [6, 6.07) is 0. The van der Waals surface area contributed by atoms with Crippen molar-refractivity contribution in [2.24, 2.45) is 0 Å². The van der Waals surface area contributed by atoms with E-state index < -0.39 is 15.8 Å². The van der Waals surface area contributed by atoms with Crippen molar-refractivity contribution >= 4 is 49.8 Å². The number of thioether (sulfide) groups is 1. The van der Waals surface area contributed by atoms with Gasteiger partial charge in [-0.05, 0) is 32.8 Å². The molecular weight excluding hydrogens is 438 g/mol.